The van der Waals surface area contributed by atoms with Crippen molar-refractivity contribution in [3.63, 3.8) is 0 Å². The van der Waals surface area contributed by atoms with Crippen molar-refractivity contribution in [3.8, 4) is 0 Å². The zero-order chi connectivity index (χ0) is 17.2. The van der Waals surface area contributed by atoms with Crippen LogP contribution in [0.1, 0.15) is 22.8 Å². The molecule has 0 amide bonds. The maximum atomic E-state index is 13.2. The molecule has 4 nitrogen and oxygen atoms in total. The van der Waals surface area contributed by atoms with E-state index in [1.165, 1.54) is 54.7 Å². The van der Waals surface area contributed by atoms with Gasteiger partial charge in [-0.25, -0.2) is 12.8 Å². The molecule has 7 heteroatoms. The predicted octanol–water partition coefficient (Wildman–Crippen LogP) is 3.61. The molecule has 23 heavy (non-hydrogen) atoms. The van der Waals surface area contributed by atoms with Crippen molar-refractivity contribution in [1.29, 1.82) is 0 Å². The highest BCUT2D eigenvalue weighted by Gasteiger charge is 2.21. The molecule has 2 aromatic carbocycles. The minimum absolute atomic E-state index is 0.103. The number of hydrogen-bond acceptors (Lipinski definition) is 3. The lowest BCUT2D eigenvalue weighted by Gasteiger charge is -2.17. The summed E-state index contributed by atoms with van der Waals surface area (Å²) >= 11 is 3.08. The zero-order valence-electron chi connectivity index (χ0n) is 12.6. The molecule has 0 aliphatic rings. The minimum Gasteiger partial charge on any atom is -0.295 e. The van der Waals surface area contributed by atoms with E-state index in [1.807, 2.05) is 0 Å². The van der Waals surface area contributed by atoms with Crippen LogP contribution in [0, 0.1) is 5.82 Å². The van der Waals surface area contributed by atoms with Crippen LogP contribution >= 0.6 is 15.9 Å². The maximum Gasteiger partial charge on any atom is 0.243 e. The molecule has 122 valence electrons. The lowest BCUT2D eigenvalue weighted by atomic mass is 10.2. The SMILES string of the molecule is CC(=O)c1ccc(S(=O)(=O)N(C)Cc2ccc(F)c(Br)c2)cc1. The number of carbonyl (C=O) groups is 1. The highest BCUT2D eigenvalue weighted by Crippen LogP contribution is 2.21. The van der Waals surface area contributed by atoms with Crippen molar-refractivity contribution in [1.82, 2.24) is 4.31 Å². The van der Waals surface area contributed by atoms with E-state index in [2.05, 4.69) is 15.9 Å². The van der Waals surface area contributed by atoms with Crippen LogP contribution in [0.4, 0.5) is 4.39 Å². The van der Waals surface area contributed by atoms with Crippen LogP contribution in [0.3, 0.4) is 0 Å². The minimum atomic E-state index is -3.69. The van der Waals surface area contributed by atoms with E-state index in [-0.39, 0.29) is 21.7 Å². The van der Waals surface area contributed by atoms with Crippen molar-refractivity contribution in [2.45, 2.75) is 18.4 Å². The Labute approximate surface area is 143 Å². The van der Waals surface area contributed by atoms with Gasteiger partial charge in [0.1, 0.15) is 5.82 Å². The van der Waals surface area contributed by atoms with Crippen LogP contribution in [-0.2, 0) is 16.6 Å². The third-order valence-electron chi connectivity index (χ3n) is 3.36. The van der Waals surface area contributed by atoms with Crippen molar-refractivity contribution in [2.75, 3.05) is 7.05 Å². The van der Waals surface area contributed by atoms with E-state index in [1.54, 1.807) is 6.07 Å². The number of halogens is 2. The van der Waals surface area contributed by atoms with E-state index in [0.717, 1.165) is 0 Å². The summed E-state index contributed by atoms with van der Waals surface area (Å²) in [6, 6.07) is 10.1. The van der Waals surface area contributed by atoms with Gasteiger partial charge in [-0.1, -0.05) is 18.2 Å². The van der Waals surface area contributed by atoms with Gasteiger partial charge in [-0.15, -0.1) is 0 Å². The Bertz CT molecular complexity index is 835. The highest BCUT2D eigenvalue weighted by atomic mass is 79.9. The number of hydrogen-bond donors (Lipinski definition) is 0. The molecule has 0 saturated heterocycles. The van der Waals surface area contributed by atoms with Crippen molar-refractivity contribution >= 4 is 31.7 Å². The molecule has 0 N–H and O–H groups in total. The number of sulfonamides is 1. The van der Waals surface area contributed by atoms with Crippen LogP contribution in [0.2, 0.25) is 0 Å². The van der Waals surface area contributed by atoms with Gasteiger partial charge in [0.2, 0.25) is 10.0 Å². The first-order valence-electron chi connectivity index (χ1n) is 6.73. The molecule has 0 radical (unpaired) electrons. The van der Waals surface area contributed by atoms with Crippen LogP contribution in [0.25, 0.3) is 0 Å². The average Bonchev–Trinajstić information content (AvgIpc) is 2.51. The number of nitrogens with zero attached hydrogens (tertiary/aromatic N) is 1. The fourth-order valence-corrected chi connectivity index (χ4v) is 3.61. The van der Waals surface area contributed by atoms with Gasteiger partial charge in [0, 0.05) is 19.2 Å². The van der Waals surface area contributed by atoms with Gasteiger partial charge in [-0.05, 0) is 52.7 Å². The van der Waals surface area contributed by atoms with E-state index < -0.39 is 15.8 Å². The molecule has 2 rings (SSSR count). The van der Waals surface area contributed by atoms with E-state index in [9.17, 15) is 17.6 Å². The second-order valence-corrected chi connectivity index (χ2v) is 7.99. The second-order valence-electron chi connectivity index (χ2n) is 5.09. The molecular weight excluding hydrogens is 385 g/mol. The summed E-state index contributed by atoms with van der Waals surface area (Å²) in [7, 11) is -2.24. The second kappa shape index (κ2) is 6.90. The third-order valence-corrected chi connectivity index (χ3v) is 5.78. The first kappa shape index (κ1) is 17.8. The summed E-state index contributed by atoms with van der Waals surface area (Å²) < 4.78 is 39.7. The molecule has 0 fully saturated rings. The van der Waals surface area contributed by atoms with Gasteiger partial charge >= 0.3 is 0 Å². The standard InChI is InChI=1S/C16H15BrFNO3S/c1-11(20)13-4-6-14(7-5-13)23(21,22)19(2)10-12-3-8-16(18)15(17)9-12/h3-9H,10H2,1-2H3. The van der Waals surface area contributed by atoms with Gasteiger partial charge in [0.05, 0.1) is 9.37 Å². The maximum absolute atomic E-state index is 13.2. The van der Waals surface area contributed by atoms with Crippen molar-refractivity contribution < 1.29 is 17.6 Å². The number of rotatable bonds is 5. The smallest absolute Gasteiger partial charge is 0.243 e. The molecule has 0 atom stereocenters. The predicted molar refractivity (Wildman–Crippen MR) is 89.2 cm³/mol. The molecule has 0 heterocycles. The van der Waals surface area contributed by atoms with Gasteiger partial charge in [-0.2, -0.15) is 4.31 Å². The molecule has 0 aliphatic heterocycles. The molecule has 0 saturated carbocycles. The molecule has 0 unspecified atom stereocenters. The van der Waals surface area contributed by atoms with Gasteiger partial charge in [0.25, 0.3) is 0 Å². The Hall–Kier alpha value is -1.57. The monoisotopic (exact) mass is 399 g/mol. The summed E-state index contributed by atoms with van der Waals surface area (Å²) in [5.74, 6) is -0.530. The van der Waals surface area contributed by atoms with Gasteiger partial charge in [0.15, 0.2) is 5.78 Å². The molecule has 0 aromatic heterocycles. The summed E-state index contributed by atoms with van der Waals surface area (Å²) in [6.45, 7) is 1.53. The lowest BCUT2D eigenvalue weighted by molar-refractivity contribution is 0.101. The number of benzene rings is 2. The Morgan fingerprint density at radius 2 is 1.78 bits per heavy atom. The van der Waals surface area contributed by atoms with E-state index in [4.69, 9.17) is 0 Å². The zero-order valence-corrected chi connectivity index (χ0v) is 15.0. The van der Waals surface area contributed by atoms with Crippen LogP contribution in [0.15, 0.2) is 51.8 Å². The summed E-state index contributed by atoms with van der Waals surface area (Å²) in [5, 5.41) is 0. The van der Waals surface area contributed by atoms with Crippen LogP contribution in [0.5, 0.6) is 0 Å². The van der Waals surface area contributed by atoms with Crippen molar-refractivity contribution in [2.24, 2.45) is 0 Å². The first-order valence-corrected chi connectivity index (χ1v) is 8.96. The van der Waals surface area contributed by atoms with Crippen LogP contribution in [-0.4, -0.2) is 25.6 Å². The lowest BCUT2D eigenvalue weighted by Crippen LogP contribution is -2.26. The topological polar surface area (TPSA) is 54.5 Å². The van der Waals surface area contributed by atoms with Gasteiger partial charge < -0.3 is 0 Å². The third kappa shape index (κ3) is 4.04. The molecule has 0 aliphatic carbocycles. The number of carbonyl (C=O) groups excluding carboxylic acids is 1. The number of ketones is 1. The quantitative estimate of drug-likeness (QED) is 0.721. The Balaban J connectivity index is 2.24. The first-order chi connectivity index (χ1) is 10.7. The molecule has 2 aromatic rings. The fourth-order valence-electron chi connectivity index (χ4n) is 2.02. The molecule has 0 spiro atoms. The van der Waals surface area contributed by atoms with E-state index in [0.29, 0.717) is 11.1 Å². The Kier molecular flexibility index (Phi) is 5.33. The van der Waals surface area contributed by atoms with Crippen LogP contribution < -0.4 is 0 Å². The Morgan fingerprint density at radius 3 is 2.30 bits per heavy atom. The summed E-state index contributed by atoms with van der Waals surface area (Å²) in [6.07, 6.45) is 0. The normalized spacial score (nSPS) is 11.7. The van der Waals surface area contributed by atoms with Gasteiger partial charge in [-0.3, -0.25) is 4.79 Å². The van der Waals surface area contributed by atoms with E-state index >= 15 is 0 Å². The largest absolute Gasteiger partial charge is 0.295 e. The van der Waals surface area contributed by atoms with Crippen molar-refractivity contribution in [3.05, 3.63) is 63.9 Å². The number of Topliss-reactive ketones (excluding diaryl/α,β-unsaturated/α-hetero) is 1. The highest BCUT2D eigenvalue weighted by molar-refractivity contribution is 9.10. The fraction of sp³-hybridized carbons (Fsp3) is 0.188. The summed E-state index contributed by atoms with van der Waals surface area (Å²) in [5.41, 5.74) is 1.11. The molecule has 0 bridgehead atoms. The molecular formula is C16H15BrFNO3S. The average molecular weight is 400 g/mol. The Morgan fingerprint density at radius 1 is 1.17 bits per heavy atom. The summed E-state index contributed by atoms with van der Waals surface area (Å²) in [4.78, 5) is 11.3.